The van der Waals surface area contributed by atoms with Gasteiger partial charge in [0.2, 0.25) is 0 Å². The topological polar surface area (TPSA) is 58.5 Å². The highest BCUT2D eigenvalue weighted by molar-refractivity contribution is 14.0. The van der Waals surface area contributed by atoms with Crippen molar-refractivity contribution in [2.24, 2.45) is 4.99 Å². The number of aryl methyl sites for hydroxylation is 1. The zero-order chi connectivity index (χ0) is 17.9. The molecule has 1 aromatic carbocycles. The third kappa shape index (κ3) is 7.49. The Hall–Kier alpha value is -1.35. The van der Waals surface area contributed by atoms with Crippen LogP contribution in [0.15, 0.2) is 34.6 Å². The molecule has 0 saturated carbocycles. The molecule has 0 fully saturated rings. The highest BCUT2D eigenvalue weighted by Gasteiger charge is 2.04. The number of aromatic nitrogens is 1. The van der Waals surface area contributed by atoms with Crippen molar-refractivity contribution in [2.45, 2.75) is 40.2 Å². The van der Waals surface area contributed by atoms with E-state index in [1.54, 1.807) is 11.3 Å². The molecule has 0 aliphatic rings. The smallest absolute Gasteiger partial charge is 0.191 e. The maximum absolute atomic E-state index is 5.66. The van der Waals surface area contributed by atoms with Gasteiger partial charge >= 0.3 is 0 Å². The molecule has 2 rings (SSSR count). The Kier molecular flexibility index (Phi) is 11.3. The van der Waals surface area contributed by atoms with E-state index >= 15 is 0 Å². The quantitative estimate of drug-likeness (QED) is 0.318. The van der Waals surface area contributed by atoms with Crippen molar-refractivity contribution in [2.75, 3.05) is 19.7 Å². The summed E-state index contributed by atoms with van der Waals surface area (Å²) in [5.74, 6) is 1.72. The number of thiazole rings is 1. The molecule has 26 heavy (non-hydrogen) atoms. The summed E-state index contributed by atoms with van der Waals surface area (Å²) in [6.45, 7) is 9.08. The largest absolute Gasteiger partial charge is 0.494 e. The number of nitrogens with one attached hydrogen (secondary N) is 2. The fraction of sp³-hybridized carbons (Fsp3) is 0.474. The van der Waals surface area contributed by atoms with Crippen LogP contribution in [0.5, 0.6) is 5.75 Å². The molecule has 0 spiro atoms. The molecule has 0 saturated heterocycles. The molecular weight excluding hydrogens is 459 g/mol. The minimum Gasteiger partial charge on any atom is -0.494 e. The molecule has 2 N–H and O–H groups in total. The zero-order valence-electron chi connectivity index (χ0n) is 15.7. The first-order valence-corrected chi connectivity index (χ1v) is 9.80. The number of para-hydroxylation sites is 1. The van der Waals surface area contributed by atoms with Crippen LogP contribution in [-0.4, -0.2) is 30.6 Å². The van der Waals surface area contributed by atoms with Crippen LogP contribution in [-0.2, 0) is 19.4 Å². The van der Waals surface area contributed by atoms with Crippen molar-refractivity contribution in [3.63, 3.8) is 0 Å². The van der Waals surface area contributed by atoms with Crippen LogP contribution in [0.2, 0.25) is 0 Å². The molecule has 2 aromatic rings. The number of hydrogen-bond donors (Lipinski definition) is 2. The molecule has 0 aliphatic heterocycles. The van der Waals surface area contributed by atoms with E-state index in [1.807, 2.05) is 25.1 Å². The average molecular weight is 488 g/mol. The summed E-state index contributed by atoms with van der Waals surface area (Å²) in [4.78, 5) is 9.27. The van der Waals surface area contributed by atoms with Gasteiger partial charge in [-0.05, 0) is 26.3 Å². The van der Waals surface area contributed by atoms with Crippen molar-refractivity contribution < 1.29 is 4.74 Å². The van der Waals surface area contributed by atoms with E-state index in [0.717, 1.165) is 48.9 Å². The molecule has 0 unspecified atom stereocenters. The monoisotopic (exact) mass is 488 g/mol. The fourth-order valence-corrected chi connectivity index (χ4v) is 3.15. The third-order valence-electron chi connectivity index (χ3n) is 3.60. The summed E-state index contributed by atoms with van der Waals surface area (Å²) in [5, 5.41) is 10.0. The highest BCUT2D eigenvalue weighted by atomic mass is 127. The maximum Gasteiger partial charge on any atom is 0.191 e. The SMILES string of the molecule is CCNC(=NCc1ccccc1OCC)NCCc1csc(CC)n1.I. The van der Waals surface area contributed by atoms with E-state index < -0.39 is 0 Å². The second-order valence-corrected chi connectivity index (χ2v) is 6.44. The van der Waals surface area contributed by atoms with Crippen LogP contribution in [0, 0.1) is 0 Å². The van der Waals surface area contributed by atoms with Gasteiger partial charge in [0, 0.05) is 30.5 Å². The Bertz CT molecular complexity index is 675. The first-order valence-electron chi connectivity index (χ1n) is 8.92. The first kappa shape index (κ1) is 22.7. The molecule has 0 amide bonds. The van der Waals surface area contributed by atoms with Gasteiger partial charge in [0.25, 0.3) is 0 Å². The Balaban J connectivity index is 0.00000338. The molecule has 1 heterocycles. The van der Waals surface area contributed by atoms with Gasteiger partial charge in [-0.3, -0.25) is 0 Å². The summed E-state index contributed by atoms with van der Waals surface area (Å²) in [7, 11) is 0. The fourth-order valence-electron chi connectivity index (χ4n) is 2.37. The molecular formula is C19H29IN4OS. The molecule has 0 aliphatic carbocycles. The minimum absolute atomic E-state index is 0. The predicted molar refractivity (Wildman–Crippen MR) is 121 cm³/mol. The van der Waals surface area contributed by atoms with Crippen molar-refractivity contribution in [1.29, 1.82) is 0 Å². The third-order valence-corrected chi connectivity index (χ3v) is 4.64. The van der Waals surface area contributed by atoms with Crippen LogP contribution < -0.4 is 15.4 Å². The highest BCUT2D eigenvalue weighted by Crippen LogP contribution is 2.18. The number of halogens is 1. The summed E-state index contributed by atoms with van der Waals surface area (Å²) < 4.78 is 5.66. The van der Waals surface area contributed by atoms with Gasteiger partial charge in [-0.2, -0.15) is 0 Å². The lowest BCUT2D eigenvalue weighted by Gasteiger charge is -2.12. The molecule has 0 radical (unpaired) electrons. The summed E-state index contributed by atoms with van der Waals surface area (Å²) in [5.41, 5.74) is 2.24. The number of hydrogen-bond acceptors (Lipinski definition) is 4. The number of guanidine groups is 1. The van der Waals surface area contributed by atoms with Gasteiger partial charge in [-0.1, -0.05) is 25.1 Å². The molecule has 144 valence electrons. The molecule has 7 heteroatoms. The van der Waals surface area contributed by atoms with Crippen LogP contribution in [0.3, 0.4) is 0 Å². The summed E-state index contributed by atoms with van der Waals surface area (Å²) >= 11 is 1.73. The molecule has 0 bridgehead atoms. The molecule has 0 atom stereocenters. The Morgan fingerprint density at radius 3 is 2.69 bits per heavy atom. The lowest BCUT2D eigenvalue weighted by molar-refractivity contribution is 0.336. The minimum atomic E-state index is 0. The maximum atomic E-state index is 5.66. The average Bonchev–Trinajstić information content (AvgIpc) is 3.09. The van der Waals surface area contributed by atoms with E-state index in [2.05, 4.69) is 45.9 Å². The van der Waals surface area contributed by atoms with Gasteiger partial charge in [0.1, 0.15) is 5.75 Å². The number of ether oxygens (including phenoxy) is 1. The number of aliphatic imine (C=N–C) groups is 1. The van der Waals surface area contributed by atoms with Crippen LogP contribution in [0.1, 0.15) is 37.0 Å². The van der Waals surface area contributed by atoms with E-state index in [0.29, 0.717) is 13.2 Å². The van der Waals surface area contributed by atoms with E-state index in [-0.39, 0.29) is 24.0 Å². The second kappa shape index (κ2) is 12.9. The van der Waals surface area contributed by atoms with Crippen molar-refractivity contribution in [1.82, 2.24) is 15.6 Å². The van der Waals surface area contributed by atoms with Crippen molar-refractivity contribution >= 4 is 41.3 Å². The van der Waals surface area contributed by atoms with Gasteiger partial charge < -0.3 is 15.4 Å². The lowest BCUT2D eigenvalue weighted by Crippen LogP contribution is -2.38. The summed E-state index contributed by atoms with van der Waals surface area (Å²) in [6, 6.07) is 8.04. The first-order chi connectivity index (χ1) is 12.3. The Morgan fingerprint density at radius 1 is 1.19 bits per heavy atom. The number of benzene rings is 1. The van der Waals surface area contributed by atoms with Gasteiger partial charge in [0.05, 0.1) is 23.9 Å². The zero-order valence-corrected chi connectivity index (χ0v) is 18.9. The van der Waals surface area contributed by atoms with Crippen LogP contribution >= 0.6 is 35.3 Å². The number of rotatable bonds is 9. The van der Waals surface area contributed by atoms with Gasteiger partial charge in [-0.25, -0.2) is 9.98 Å². The standard InChI is InChI=1S/C19H28N4OS.HI/c1-4-18-23-16(14-25-18)11-12-21-19(20-5-2)22-13-15-9-7-8-10-17(15)24-6-3;/h7-10,14H,4-6,11-13H2,1-3H3,(H2,20,21,22);1H. The van der Waals surface area contributed by atoms with Gasteiger partial charge in [0.15, 0.2) is 5.96 Å². The Labute approximate surface area is 177 Å². The predicted octanol–water partition coefficient (Wildman–Crippen LogP) is 4.02. The second-order valence-electron chi connectivity index (χ2n) is 5.50. The lowest BCUT2D eigenvalue weighted by atomic mass is 10.2. The molecule has 1 aromatic heterocycles. The van der Waals surface area contributed by atoms with Gasteiger partial charge in [-0.15, -0.1) is 35.3 Å². The normalized spacial score (nSPS) is 11.0. The number of nitrogens with zero attached hydrogens (tertiary/aromatic N) is 2. The van der Waals surface area contributed by atoms with Crippen molar-refractivity contribution in [3.8, 4) is 5.75 Å². The van der Waals surface area contributed by atoms with Crippen LogP contribution in [0.25, 0.3) is 0 Å². The van der Waals surface area contributed by atoms with Crippen molar-refractivity contribution in [3.05, 3.63) is 45.9 Å². The summed E-state index contributed by atoms with van der Waals surface area (Å²) in [6.07, 6.45) is 1.90. The van der Waals surface area contributed by atoms with E-state index in [1.165, 1.54) is 5.01 Å². The molecule has 5 nitrogen and oxygen atoms in total. The van der Waals surface area contributed by atoms with E-state index in [4.69, 9.17) is 4.74 Å². The Morgan fingerprint density at radius 2 is 2.00 bits per heavy atom. The van der Waals surface area contributed by atoms with Crippen LogP contribution in [0.4, 0.5) is 0 Å². The van der Waals surface area contributed by atoms with E-state index in [9.17, 15) is 0 Å².